The first-order valence-electron chi connectivity index (χ1n) is 8.47. The Hall–Kier alpha value is -1.22. The molecule has 1 aromatic rings. The van der Waals surface area contributed by atoms with Crippen LogP contribution in [0.25, 0.3) is 0 Å². The van der Waals surface area contributed by atoms with Gasteiger partial charge in [0.25, 0.3) is 0 Å². The molecule has 21 heavy (non-hydrogen) atoms. The maximum atomic E-state index is 5.77. The molecule has 0 radical (unpaired) electrons. The summed E-state index contributed by atoms with van der Waals surface area (Å²) in [5, 5.41) is 3.62. The van der Waals surface area contributed by atoms with Gasteiger partial charge in [-0.1, -0.05) is 32.6 Å². The first-order valence-corrected chi connectivity index (χ1v) is 8.47. The van der Waals surface area contributed by atoms with Crippen LogP contribution in [0.5, 0.6) is 11.5 Å². The lowest BCUT2D eigenvalue weighted by molar-refractivity contribution is 0.297. The van der Waals surface area contributed by atoms with Crippen LogP contribution in [0.4, 0.5) is 0 Å². The predicted molar refractivity (Wildman–Crippen MR) is 87.2 cm³/mol. The predicted octanol–water partition coefficient (Wildman–Crippen LogP) is 4.17. The van der Waals surface area contributed by atoms with Gasteiger partial charge in [0, 0.05) is 12.6 Å². The van der Waals surface area contributed by atoms with Crippen molar-refractivity contribution in [2.75, 3.05) is 19.8 Å². The van der Waals surface area contributed by atoms with E-state index in [1.54, 1.807) is 0 Å². The van der Waals surface area contributed by atoms with Crippen molar-refractivity contribution in [3.8, 4) is 11.5 Å². The van der Waals surface area contributed by atoms with Crippen molar-refractivity contribution in [3.63, 3.8) is 0 Å². The van der Waals surface area contributed by atoms with Crippen LogP contribution in [0, 0.1) is 0 Å². The summed E-state index contributed by atoms with van der Waals surface area (Å²) in [6, 6.07) is 8.61. The Kier molecular flexibility index (Phi) is 7.44. The van der Waals surface area contributed by atoms with Crippen LogP contribution >= 0.6 is 0 Å². The summed E-state index contributed by atoms with van der Waals surface area (Å²) < 4.78 is 11.3. The van der Waals surface area contributed by atoms with E-state index >= 15 is 0 Å². The van der Waals surface area contributed by atoms with E-state index in [0.29, 0.717) is 6.04 Å². The van der Waals surface area contributed by atoms with E-state index in [4.69, 9.17) is 9.47 Å². The second kappa shape index (κ2) is 9.67. The van der Waals surface area contributed by atoms with E-state index < -0.39 is 0 Å². The lowest BCUT2D eigenvalue weighted by Gasteiger charge is -2.16. The Labute approximate surface area is 129 Å². The van der Waals surface area contributed by atoms with Crippen molar-refractivity contribution in [1.29, 1.82) is 0 Å². The number of rotatable bonds is 8. The molecule has 1 aliphatic carbocycles. The SMILES string of the molecule is CCCOc1ccc(OCCNC2CCCCCC2)cc1. The summed E-state index contributed by atoms with van der Waals surface area (Å²) in [7, 11) is 0. The van der Waals surface area contributed by atoms with Crippen LogP contribution in [0.15, 0.2) is 24.3 Å². The molecule has 0 amide bonds. The van der Waals surface area contributed by atoms with Crippen LogP contribution in [0.1, 0.15) is 51.9 Å². The zero-order chi connectivity index (χ0) is 14.8. The third-order valence-electron chi connectivity index (χ3n) is 3.96. The van der Waals surface area contributed by atoms with Gasteiger partial charge in [-0.25, -0.2) is 0 Å². The number of benzene rings is 1. The van der Waals surface area contributed by atoms with Crippen molar-refractivity contribution < 1.29 is 9.47 Å². The van der Waals surface area contributed by atoms with E-state index in [9.17, 15) is 0 Å². The molecule has 0 aromatic heterocycles. The smallest absolute Gasteiger partial charge is 0.119 e. The molecule has 118 valence electrons. The Morgan fingerprint density at radius 1 is 0.905 bits per heavy atom. The fourth-order valence-corrected chi connectivity index (χ4v) is 2.77. The minimum atomic E-state index is 0.695. The first kappa shape index (κ1) is 16.2. The number of nitrogens with one attached hydrogen (secondary N) is 1. The molecule has 1 fully saturated rings. The summed E-state index contributed by atoms with van der Waals surface area (Å²) in [5.74, 6) is 1.84. The van der Waals surface area contributed by atoms with E-state index in [1.165, 1.54) is 38.5 Å². The average molecular weight is 291 g/mol. The highest BCUT2D eigenvalue weighted by Crippen LogP contribution is 2.18. The Balaban J connectivity index is 1.61. The molecule has 0 saturated heterocycles. The average Bonchev–Trinajstić information content (AvgIpc) is 2.79. The standard InChI is InChI=1S/C18H29NO2/c1-2-14-20-17-9-11-18(12-10-17)21-15-13-19-16-7-5-3-4-6-8-16/h9-12,16,19H,2-8,13-15H2,1H3. The first-order chi connectivity index (χ1) is 10.4. The monoisotopic (exact) mass is 291 g/mol. The molecule has 0 bridgehead atoms. The van der Waals surface area contributed by atoms with Gasteiger partial charge in [0.15, 0.2) is 0 Å². The third-order valence-corrected chi connectivity index (χ3v) is 3.96. The van der Waals surface area contributed by atoms with E-state index in [-0.39, 0.29) is 0 Å². The normalized spacial score (nSPS) is 16.4. The van der Waals surface area contributed by atoms with Crippen LogP contribution in [0.3, 0.4) is 0 Å². The molecule has 0 unspecified atom stereocenters. The van der Waals surface area contributed by atoms with Gasteiger partial charge in [0.2, 0.25) is 0 Å². The van der Waals surface area contributed by atoms with Crippen LogP contribution < -0.4 is 14.8 Å². The maximum absolute atomic E-state index is 5.77. The largest absolute Gasteiger partial charge is 0.494 e. The van der Waals surface area contributed by atoms with E-state index in [2.05, 4.69) is 12.2 Å². The highest BCUT2D eigenvalue weighted by molar-refractivity contribution is 5.31. The molecule has 0 heterocycles. The van der Waals surface area contributed by atoms with Crippen molar-refractivity contribution in [2.45, 2.75) is 57.9 Å². The molecule has 1 saturated carbocycles. The molecule has 1 aromatic carbocycles. The summed E-state index contributed by atoms with van der Waals surface area (Å²) in [4.78, 5) is 0. The molecule has 0 aliphatic heterocycles. The van der Waals surface area contributed by atoms with Gasteiger partial charge in [-0.2, -0.15) is 0 Å². The Morgan fingerprint density at radius 3 is 2.05 bits per heavy atom. The van der Waals surface area contributed by atoms with Crippen LogP contribution in [-0.4, -0.2) is 25.8 Å². The summed E-state index contributed by atoms with van der Waals surface area (Å²) in [5.41, 5.74) is 0. The molecular weight excluding hydrogens is 262 g/mol. The van der Waals surface area contributed by atoms with E-state index in [0.717, 1.165) is 37.7 Å². The quantitative estimate of drug-likeness (QED) is 0.576. The van der Waals surface area contributed by atoms with Crippen LogP contribution in [0.2, 0.25) is 0 Å². The molecule has 0 atom stereocenters. The molecule has 3 nitrogen and oxygen atoms in total. The van der Waals surface area contributed by atoms with Gasteiger partial charge in [-0.15, -0.1) is 0 Å². The minimum Gasteiger partial charge on any atom is -0.494 e. The van der Waals surface area contributed by atoms with Crippen molar-refractivity contribution >= 4 is 0 Å². The van der Waals surface area contributed by atoms with Gasteiger partial charge < -0.3 is 14.8 Å². The van der Waals surface area contributed by atoms with Crippen LogP contribution in [-0.2, 0) is 0 Å². The Bertz CT molecular complexity index is 369. The number of hydrogen-bond acceptors (Lipinski definition) is 3. The van der Waals surface area contributed by atoms with Gasteiger partial charge in [0.05, 0.1) is 6.61 Å². The molecular formula is C18H29NO2. The highest BCUT2D eigenvalue weighted by Gasteiger charge is 2.10. The summed E-state index contributed by atoms with van der Waals surface area (Å²) in [6.45, 7) is 4.54. The Morgan fingerprint density at radius 2 is 1.48 bits per heavy atom. The number of hydrogen-bond donors (Lipinski definition) is 1. The zero-order valence-corrected chi connectivity index (χ0v) is 13.3. The fourth-order valence-electron chi connectivity index (χ4n) is 2.77. The third kappa shape index (κ3) is 6.38. The molecule has 2 rings (SSSR count). The highest BCUT2D eigenvalue weighted by atomic mass is 16.5. The zero-order valence-electron chi connectivity index (χ0n) is 13.3. The van der Waals surface area contributed by atoms with Crippen molar-refractivity contribution in [3.05, 3.63) is 24.3 Å². The molecule has 0 spiro atoms. The molecule has 1 N–H and O–H groups in total. The fraction of sp³-hybridized carbons (Fsp3) is 0.667. The second-order valence-corrected chi connectivity index (χ2v) is 5.81. The van der Waals surface area contributed by atoms with Gasteiger partial charge >= 0.3 is 0 Å². The summed E-state index contributed by atoms with van der Waals surface area (Å²) >= 11 is 0. The second-order valence-electron chi connectivity index (χ2n) is 5.81. The lowest BCUT2D eigenvalue weighted by Crippen LogP contribution is -2.32. The van der Waals surface area contributed by atoms with Gasteiger partial charge in [-0.3, -0.25) is 0 Å². The van der Waals surface area contributed by atoms with Crippen molar-refractivity contribution in [2.24, 2.45) is 0 Å². The molecule has 1 aliphatic rings. The molecule has 3 heteroatoms. The minimum absolute atomic E-state index is 0.695. The van der Waals surface area contributed by atoms with Gasteiger partial charge in [0.1, 0.15) is 18.1 Å². The van der Waals surface area contributed by atoms with E-state index in [1.807, 2.05) is 24.3 Å². The number of ether oxygens (including phenoxy) is 2. The maximum Gasteiger partial charge on any atom is 0.119 e. The van der Waals surface area contributed by atoms with Crippen molar-refractivity contribution in [1.82, 2.24) is 5.32 Å². The topological polar surface area (TPSA) is 30.5 Å². The van der Waals surface area contributed by atoms with Gasteiger partial charge in [-0.05, 0) is 43.5 Å². The lowest BCUT2D eigenvalue weighted by atomic mass is 10.1. The summed E-state index contributed by atoms with van der Waals surface area (Å²) in [6.07, 6.45) is 9.23.